The summed E-state index contributed by atoms with van der Waals surface area (Å²) in [5, 5.41) is 0.919. The first kappa shape index (κ1) is 18.9. The molecule has 0 bridgehead atoms. The molecule has 1 aromatic heterocycles. The Morgan fingerprint density at radius 3 is 2.80 bits per heavy atom. The SMILES string of the molecule is CC1CN(c2nc(Cc3ccccc3)ns2)CCN1C(=O)c1ccc2c(c1)OCO2. The predicted molar refractivity (Wildman–Crippen MR) is 114 cm³/mol. The Kier molecular flexibility index (Phi) is 5.00. The number of piperazine rings is 1. The molecule has 2 aliphatic rings. The molecule has 0 spiro atoms. The number of nitrogens with zero attached hydrogens (tertiary/aromatic N) is 4. The van der Waals surface area contributed by atoms with Crippen LogP contribution in [0.3, 0.4) is 0 Å². The van der Waals surface area contributed by atoms with Crippen LogP contribution in [-0.2, 0) is 6.42 Å². The normalized spacial score (nSPS) is 18.0. The van der Waals surface area contributed by atoms with Crippen LogP contribution < -0.4 is 14.4 Å². The van der Waals surface area contributed by atoms with Crippen molar-refractivity contribution >= 4 is 22.6 Å². The predicted octanol–water partition coefficient (Wildman–Crippen LogP) is 3.21. The lowest BCUT2D eigenvalue weighted by atomic mass is 10.1. The van der Waals surface area contributed by atoms with Crippen LogP contribution in [0.15, 0.2) is 48.5 Å². The van der Waals surface area contributed by atoms with E-state index in [4.69, 9.17) is 14.5 Å². The Hall–Kier alpha value is -3.13. The average Bonchev–Trinajstić information content (AvgIpc) is 3.43. The van der Waals surface area contributed by atoms with Crippen LogP contribution >= 0.6 is 11.5 Å². The van der Waals surface area contributed by atoms with Gasteiger partial charge in [-0.05, 0) is 30.7 Å². The summed E-state index contributed by atoms with van der Waals surface area (Å²) in [6, 6.07) is 15.7. The molecule has 154 valence electrons. The minimum atomic E-state index is 0.0162. The lowest BCUT2D eigenvalue weighted by Crippen LogP contribution is -2.54. The number of aromatic nitrogens is 2. The third-order valence-electron chi connectivity index (χ3n) is 5.44. The van der Waals surface area contributed by atoms with Crippen LogP contribution in [-0.4, -0.2) is 52.6 Å². The van der Waals surface area contributed by atoms with Gasteiger partial charge < -0.3 is 19.3 Å². The Bertz CT molecular complexity index is 1060. The molecule has 7 nitrogen and oxygen atoms in total. The molecule has 1 atom stereocenters. The second kappa shape index (κ2) is 7.95. The number of fused-ring (bicyclic) bond motifs is 1. The lowest BCUT2D eigenvalue weighted by molar-refractivity contribution is 0.0673. The maximum atomic E-state index is 13.0. The monoisotopic (exact) mass is 422 g/mol. The van der Waals surface area contributed by atoms with Crippen molar-refractivity contribution in [3.05, 3.63) is 65.5 Å². The van der Waals surface area contributed by atoms with E-state index in [1.165, 1.54) is 17.1 Å². The number of carbonyl (C=O) groups excluding carboxylic acids is 1. The largest absolute Gasteiger partial charge is 0.454 e. The Morgan fingerprint density at radius 2 is 1.97 bits per heavy atom. The molecule has 0 aliphatic carbocycles. The standard InChI is InChI=1S/C22H22N4O3S/c1-15-13-25(22-23-20(24-30-22)11-16-5-3-2-4-6-16)9-10-26(15)21(27)17-7-8-18-19(12-17)29-14-28-18/h2-8,12,15H,9-11,13-14H2,1H3. The van der Waals surface area contributed by atoms with Crippen molar-refractivity contribution in [2.75, 3.05) is 31.3 Å². The maximum absolute atomic E-state index is 13.0. The molecular formula is C22H22N4O3S. The molecule has 30 heavy (non-hydrogen) atoms. The average molecular weight is 423 g/mol. The third kappa shape index (κ3) is 3.70. The van der Waals surface area contributed by atoms with Crippen molar-refractivity contribution < 1.29 is 14.3 Å². The summed E-state index contributed by atoms with van der Waals surface area (Å²) in [6.45, 7) is 4.39. The van der Waals surface area contributed by atoms with Gasteiger partial charge >= 0.3 is 0 Å². The van der Waals surface area contributed by atoms with Crippen molar-refractivity contribution in [2.45, 2.75) is 19.4 Å². The molecule has 3 aromatic rings. The first-order valence-corrected chi connectivity index (χ1v) is 10.8. The van der Waals surface area contributed by atoms with E-state index in [1.807, 2.05) is 23.1 Å². The smallest absolute Gasteiger partial charge is 0.254 e. The molecule has 0 N–H and O–H groups in total. The minimum absolute atomic E-state index is 0.0162. The van der Waals surface area contributed by atoms with Crippen molar-refractivity contribution in [3.8, 4) is 11.5 Å². The highest BCUT2D eigenvalue weighted by molar-refractivity contribution is 7.09. The molecule has 0 radical (unpaired) electrons. The van der Waals surface area contributed by atoms with E-state index in [1.54, 1.807) is 18.2 Å². The van der Waals surface area contributed by atoms with Crippen LogP contribution in [0.5, 0.6) is 11.5 Å². The van der Waals surface area contributed by atoms with Gasteiger partial charge in [0.15, 0.2) is 11.5 Å². The summed E-state index contributed by atoms with van der Waals surface area (Å²) < 4.78 is 15.3. The van der Waals surface area contributed by atoms with Crippen molar-refractivity contribution in [1.29, 1.82) is 0 Å². The van der Waals surface area contributed by atoms with Crippen molar-refractivity contribution in [1.82, 2.24) is 14.3 Å². The first-order valence-electron chi connectivity index (χ1n) is 9.99. The third-order valence-corrected chi connectivity index (χ3v) is 6.26. The highest BCUT2D eigenvalue weighted by Gasteiger charge is 2.30. The van der Waals surface area contributed by atoms with E-state index in [2.05, 4.69) is 28.3 Å². The molecule has 5 rings (SSSR count). The number of rotatable bonds is 4. The van der Waals surface area contributed by atoms with Gasteiger partial charge in [-0.1, -0.05) is 30.3 Å². The molecule has 0 saturated carbocycles. The molecule has 1 saturated heterocycles. The topological polar surface area (TPSA) is 67.8 Å². The van der Waals surface area contributed by atoms with Gasteiger partial charge in [-0.2, -0.15) is 4.37 Å². The molecule has 2 aromatic carbocycles. The van der Waals surface area contributed by atoms with Gasteiger partial charge in [-0.3, -0.25) is 4.79 Å². The first-order chi connectivity index (χ1) is 14.7. The molecule has 1 fully saturated rings. The van der Waals surface area contributed by atoms with Crippen LogP contribution in [0.2, 0.25) is 0 Å². The summed E-state index contributed by atoms with van der Waals surface area (Å²) in [7, 11) is 0. The van der Waals surface area contributed by atoms with Gasteiger partial charge in [0.05, 0.1) is 0 Å². The summed E-state index contributed by atoms with van der Waals surface area (Å²) in [4.78, 5) is 21.9. The fourth-order valence-electron chi connectivity index (χ4n) is 3.85. The zero-order chi connectivity index (χ0) is 20.5. The van der Waals surface area contributed by atoms with Crippen molar-refractivity contribution in [2.24, 2.45) is 0 Å². The van der Waals surface area contributed by atoms with Crippen LogP contribution in [0, 0.1) is 0 Å². The Balaban J connectivity index is 1.24. The van der Waals surface area contributed by atoms with E-state index in [-0.39, 0.29) is 18.7 Å². The van der Waals surface area contributed by atoms with E-state index >= 15 is 0 Å². The zero-order valence-electron chi connectivity index (χ0n) is 16.7. The number of hydrogen-bond acceptors (Lipinski definition) is 7. The zero-order valence-corrected chi connectivity index (χ0v) is 17.5. The van der Waals surface area contributed by atoms with Gasteiger partial charge in [-0.25, -0.2) is 4.98 Å². The molecule has 1 unspecified atom stereocenters. The Labute approximate surface area is 179 Å². The van der Waals surface area contributed by atoms with Gasteiger partial charge in [-0.15, -0.1) is 0 Å². The minimum Gasteiger partial charge on any atom is -0.454 e. The Morgan fingerprint density at radius 1 is 1.13 bits per heavy atom. The van der Waals surface area contributed by atoms with Crippen molar-refractivity contribution in [3.63, 3.8) is 0 Å². The highest BCUT2D eigenvalue weighted by Crippen LogP contribution is 2.33. The molecule has 1 amide bonds. The van der Waals surface area contributed by atoms with E-state index in [9.17, 15) is 4.79 Å². The number of carbonyl (C=O) groups is 1. The van der Waals surface area contributed by atoms with Gasteiger partial charge in [0.1, 0.15) is 5.82 Å². The van der Waals surface area contributed by atoms with E-state index < -0.39 is 0 Å². The fraction of sp³-hybridized carbons (Fsp3) is 0.318. The quantitative estimate of drug-likeness (QED) is 0.643. The van der Waals surface area contributed by atoms with E-state index in [0.29, 0.717) is 23.6 Å². The van der Waals surface area contributed by atoms with Crippen LogP contribution in [0.25, 0.3) is 0 Å². The number of benzene rings is 2. The molecule has 8 heteroatoms. The van der Waals surface area contributed by atoms with Gasteiger partial charge in [0.25, 0.3) is 5.91 Å². The van der Waals surface area contributed by atoms with Crippen LogP contribution in [0.1, 0.15) is 28.7 Å². The van der Waals surface area contributed by atoms with Crippen LogP contribution in [0.4, 0.5) is 5.13 Å². The molecule has 3 heterocycles. The van der Waals surface area contributed by atoms with Gasteiger partial charge in [0.2, 0.25) is 11.9 Å². The van der Waals surface area contributed by atoms with Gasteiger partial charge in [0, 0.05) is 49.2 Å². The van der Waals surface area contributed by atoms with E-state index in [0.717, 1.165) is 30.5 Å². The summed E-state index contributed by atoms with van der Waals surface area (Å²) in [6.07, 6.45) is 0.732. The number of ether oxygens (including phenoxy) is 2. The number of amides is 1. The second-order valence-corrected chi connectivity index (χ2v) is 8.25. The number of anilines is 1. The number of hydrogen-bond donors (Lipinski definition) is 0. The highest BCUT2D eigenvalue weighted by atomic mass is 32.1. The summed E-state index contributed by atoms with van der Waals surface area (Å²) >= 11 is 1.43. The summed E-state index contributed by atoms with van der Waals surface area (Å²) in [5.74, 6) is 2.18. The fourth-order valence-corrected chi connectivity index (χ4v) is 4.57. The second-order valence-electron chi connectivity index (χ2n) is 7.52. The molecular weight excluding hydrogens is 400 g/mol. The maximum Gasteiger partial charge on any atom is 0.254 e. The molecule has 2 aliphatic heterocycles. The lowest BCUT2D eigenvalue weighted by Gasteiger charge is -2.39. The summed E-state index contributed by atoms with van der Waals surface area (Å²) in [5.41, 5.74) is 1.83.